The fourth-order valence-corrected chi connectivity index (χ4v) is 2.88. The van der Waals surface area contributed by atoms with E-state index >= 15 is 0 Å². The molecule has 2 bridgehead atoms. The van der Waals surface area contributed by atoms with Crippen LogP contribution in [0.1, 0.15) is 32.1 Å². The molecule has 0 aromatic rings. The zero-order valence-electron chi connectivity index (χ0n) is 8.24. The van der Waals surface area contributed by atoms with E-state index in [1.54, 1.807) is 0 Å². The maximum atomic E-state index is 9.30. The van der Waals surface area contributed by atoms with Gasteiger partial charge in [0, 0.05) is 6.42 Å². The Labute approximate surface area is 84.8 Å². The summed E-state index contributed by atoms with van der Waals surface area (Å²) in [6.45, 7) is 0. The smallest absolute Gasteiger partial charge is 0.0696 e. The highest BCUT2D eigenvalue weighted by Gasteiger charge is 2.44. The minimum absolute atomic E-state index is 0.215. The van der Waals surface area contributed by atoms with Gasteiger partial charge in [-0.15, -0.1) is 0 Å². The van der Waals surface area contributed by atoms with Gasteiger partial charge >= 0.3 is 0 Å². The molecule has 0 aliphatic heterocycles. The van der Waals surface area contributed by atoms with Crippen molar-refractivity contribution in [2.24, 2.45) is 17.3 Å². The van der Waals surface area contributed by atoms with Gasteiger partial charge in [0.15, 0.2) is 0 Å². The Morgan fingerprint density at radius 3 is 2.57 bits per heavy atom. The molecule has 3 unspecified atom stereocenters. The fourth-order valence-electron chi connectivity index (χ4n) is 2.88. The highest BCUT2D eigenvalue weighted by atomic mass is 14.5. The minimum atomic E-state index is -0.215. The number of rotatable bonds is 2. The van der Waals surface area contributed by atoms with Crippen molar-refractivity contribution in [3.63, 3.8) is 0 Å². The van der Waals surface area contributed by atoms with Crippen molar-refractivity contribution in [1.82, 2.24) is 0 Å². The van der Waals surface area contributed by atoms with Gasteiger partial charge < -0.3 is 0 Å². The van der Waals surface area contributed by atoms with Crippen LogP contribution in [0.5, 0.6) is 0 Å². The summed E-state index contributed by atoms with van der Waals surface area (Å²) in [6, 6.07) is 4.64. The summed E-state index contributed by atoms with van der Waals surface area (Å²) in [5.74, 6) is 1.00. The van der Waals surface area contributed by atoms with Crippen molar-refractivity contribution in [2.45, 2.75) is 32.1 Å². The second kappa shape index (κ2) is 3.46. The molecule has 0 aromatic carbocycles. The Kier molecular flexibility index (Phi) is 2.30. The van der Waals surface area contributed by atoms with Crippen molar-refractivity contribution in [3.8, 4) is 12.1 Å². The predicted octanol–water partition coefficient (Wildman–Crippen LogP) is 2.79. The van der Waals surface area contributed by atoms with Crippen LogP contribution in [0.2, 0.25) is 0 Å². The molecule has 0 spiro atoms. The number of hydrogen-bond donors (Lipinski definition) is 0. The average molecular weight is 186 g/mol. The average Bonchev–Trinajstić information content (AvgIpc) is 2.28. The number of allylic oxidation sites excluding steroid dienone is 2. The maximum Gasteiger partial charge on any atom is 0.0696 e. The first-order chi connectivity index (χ1) is 6.80. The SMILES string of the molecule is N#CCCC1(C#N)CC2C=CC1CC2. The normalized spacial score (nSPS) is 39.0. The summed E-state index contributed by atoms with van der Waals surface area (Å²) in [5, 5.41) is 17.9. The fraction of sp³-hybridized carbons (Fsp3) is 0.667. The minimum Gasteiger partial charge on any atom is -0.198 e. The summed E-state index contributed by atoms with van der Waals surface area (Å²) < 4.78 is 0. The highest BCUT2D eigenvalue weighted by molar-refractivity contribution is 5.19. The number of hydrogen-bond acceptors (Lipinski definition) is 2. The van der Waals surface area contributed by atoms with Crippen molar-refractivity contribution >= 4 is 0 Å². The molecule has 3 aliphatic rings. The monoisotopic (exact) mass is 186 g/mol. The Morgan fingerprint density at radius 2 is 2.14 bits per heavy atom. The van der Waals surface area contributed by atoms with Crippen LogP contribution in [0.4, 0.5) is 0 Å². The molecular weight excluding hydrogens is 172 g/mol. The first kappa shape index (κ1) is 9.28. The van der Waals surface area contributed by atoms with E-state index in [0.717, 1.165) is 19.3 Å². The molecule has 0 N–H and O–H groups in total. The topological polar surface area (TPSA) is 47.6 Å². The second-order valence-corrected chi connectivity index (χ2v) is 4.46. The Hall–Kier alpha value is -1.28. The number of nitriles is 2. The zero-order chi connectivity index (χ0) is 10.0. The molecule has 0 heterocycles. The lowest BCUT2D eigenvalue weighted by molar-refractivity contribution is 0.139. The van der Waals surface area contributed by atoms with Crippen molar-refractivity contribution in [2.75, 3.05) is 0 Å². The molecule has 72 valence electrons. The van der Waals surface area contributed by atoms with Crippen molar-refractivity contribution < 1.29 is 0 Å². The lowest BCUT2D eigenvalue weighted by Gasteiger charge is -2.44. The second-order valence-electron chi connectivity index (χ2n) is 4.46. The Bertz CT molecular complexity index is 331. The first-order valence-electron chi connectivity index (χ1n) is 5.27. The van der Waals surface area contributed by atoms with Gasteiger partial charge in [-0.25, -0.2) is 0 Å². The van der Waals surface area contributed by atoms with Crippen LogP contribution in [0.25, 0.3) is 0 Å². The van der Waals surface area contributed by atoms with E-state index in [1.165, 1.54) is 6.42 Å². The number of nitrogens with zero attached hydrogens (tertiary/aromatic N) is 2. The van der Waals surface area contributed by atoms with Gasteiger partial charge in [-0.1, -0.05) is 12.2 Å². The maximum absolute atomic E-state index is 9.30. The standard InChI is InChI=1S/C12H14N2/c13-7-1-6-12(9-14)8-10-2-4-11(12)5-3-10/h2,4,10-11H,1,3,5-6,8H2. The Balaban J connectivity index is 2.19. The van der Waals surface area contributed by atoms with Gasteiger partial charge in [0.1, 0.15) is 0 Å². The van der Waals surface area contributed by atoms with Crippen LogP contribution in [0.3, 0.4) is 0 Å². The molecule has 1 saturated carbocycles. The lowest BCUT2D eigenvalue weighted by Crippen LogP contribution is -2.37. The largest absolute Gasteiger partial charge is 0.198 e. The van der Waals surface area contributed by atoms with Crippen LogP contribution >= 0.6 is 0 Å². The summed E-state index contributed by atoms with van der Waals surface area (Å²) in [4.78, 5) is 0. The molecule has 0 radical (unpaired) electrons. The molecule has 2 nitrogen and oxygen atoms in total. The Morgan fingerprint density at radius 1 is 1.29 bits per heavy atom. The summed E-state index contributed by atoms with van der Waals surface area (Å²) in [6.07, 6.45) is 9.09. The van der Waals surface area contributed by atoms with E-state index in [0.29, 0.717) is 18.3 Å². The van der Waals surface area contributed by atoms with Crippen LogP contribution in [0.15, 0.2) is 12.2 Å². The van der Waals surface area contributed by atoms with Crippen LogP contribution in [-0.2, 0) is 0 Å². The van der Waals surface area contributed by atoms with Gasteiger partial charge in [-0.2, -0.15) is 10.5 Å². The third-order valence-electron chi connectivity index (χ3n) is 3.71. The molecule has 0 amide bonds. The van der Waals surface area contributed by atoms with Gasteiger partial charge in [0.05, 0.1) is 17.6 Å². The highest BCUT2D eigenvalue weighted by Crippen LogP contribution is 2.51. The molecule has 2 heteroatoms. The van der Waals surface area contributed by atoms with E-state index in [9.17, 15) is 5.26 Å². The number of fused-ring (bicyclic) bond motifs is 2. The summed E-state index contributed by atoms with van der Waals surface area (Å²) in [5.41, 5.74) is -0.215. The van der Waals surface area contributed by atoms with E-state index in [2.05, 4.69) is 24.3 Å². The van der Waals surface area contributed by atoms with E-state index < -0.39 is 0 Å². The van der Waals surface area contributed by atoms with Crippen molar-refractivity contribution in [1.29, 1.82) is 10.5 Å². The summed E-state index contributed by atoms with van der Waals surface area (Å²) in [7, 11) is 0. The molecule has 3 rings (SSSR count). The van der Waals surface area contributed by atoms with Gasteiger partial charge in [0.25, 0.3) is 0 Å². The molecule has 1 fully saturated rings. The third kappa shape index (κ3) is 1.32. The zero-order valence-corrected chi connectivity index (χ0v) is 8.24. The quantitative estimate of drug-likeness (QED) is 0.622. The van der Waals surface area contributed by atoms with Crippen LogP contribution in [0, 0.1) is 39.9 Å². The molecule has 0 aromatic heterocycles. The molecule has 3 aliphatic carbocycles. The van der Waals surface area contributed by atoms with Crippen LogP contribution < -0.4 is 0 Å². The third-order valence-corrected chi connectivity index (χ3v) is 3.71. The molecule has 0 saturated heterocycles. The molecule has 3 atom stereocenters. The summed E-state index contributed by atoms with van der Waals surface area (Å²) >= 11 is 0. The van der Waals surface area contributed by atoms with Crippen molar-refractivity contribution in [3.05, 3.63) is 12.2 Å². The van der Waals surface area contributed by atoms with E-state index in [-0.39, 0.29) is 5.41 Å². The van der Waals surface area contributed by atoms with E-state index in [4.69, 9.17) is 5.26 Å². The van der Waals surface area contributed by atoms with E-state index in [1.807, 2.05) is 0 Å². The van der Waals surface area contributed by atoms with Gasteiger partial charge in [-0.3, -0.25) is 0 Å². The first-order valence-corrected chi connectivity index (χ1v) is 5.27. The molecule has 14 heavy (non-hydrogen) atoms. The van der Waals surface area contributed by atoms with Gasteiger partial charge in [0.2, 0.25) is 0 Å². The lowest BCUT2D eigenvalue weighted by atomic mass is 9.58. The molecular formula is C12H14N2. The van der Waals surface area contributed by atoms with Gasteiger partial charge in [-0.05, 0) is 37.5 Å². The predicted molar refractivity (Wildman–Crippen MR) is 52.9 cm³/mol. The van der Waals surface area contributed by atoms with Crippen LogP contribution in [-0.4, -0.2) is 0 Å².